The number of carbonyl (C=O) groups excluding carboxylic acids is 1. The van der Waals surface area contributed by atoms with Crippen molar-refractivity contribution in [3.05, 3.63) is 83.6 Å². The molecule has 0 aliphatic carbocycles. The first-order valence-electron chi connectivity index (χ1n) is 7.91. The van der Waals surface area contributed by atoms with Gasteiger partial charge >= 0.3 is 0 Å². The molecule has 4 rings (SSSR count). The lowest BCUT2D eigenvalue weighted by molar-refractivity contribution is 0.0989. The number of nitrogens with zero attached hydrogens (tertiary/aromatic N) is 3. The fourth-order valence-electron chi connectivity index (χ4n) is 2.85. The van der Waals surface area contributed by atoms with E-state index in [0.717, 1.165) is 22.0 Å². The third-order valence-corrected chi connectivity index (χ3v) is 4.02. The zero-order valence-corrected chi connectivity index (χ0v) is 13.3. The summed E-state index contributed by atoms with van der Waals surface area (Å²) in [5, 5.41) is 12.1. The minimum Gasteiger partial charge on any atom is -0.292 e. The first-order valence-corrected chi connectivity index (χ1v) is 7.91. The summed E-state index contributed by atoms with van der Waals surface area (Å²) >= 11 is 0. The van der Waals surface area contributed by atoms with E-state index in [1.54, 1.807) is 23.1 Å². The lowest BCUT2D eigenvalue weighted by Gasteiger charge is -2.01. The number of aromatic nitrogens is 4. The second-order valence-electron chi connectivity index (χ2n) is 5.89. The van der Waals surface area contributed by atoms with Crippen molar-refractivity contribution in [3.63, 3.8) is 0 Å². The van der Waals surface area contributed by atoms with Crippen LogP contribution in [0.2, 0.25) is 0 Å². The van der Waals surface area contributed by atoms with Gasteiger partial charge in [0.05, 0.1) is 18.3 Å². The van der Waals surface area contributed by atoms with Gasteiger partial charge < -0.3 is 0 Å². The molecule has 25 heavy (non-hydrogen) atoms. The molecule has 0 saturated carbocycles. The second-order valence-corrected chi connectivity index (χ2v) is 5.89. The molecule has 6 heteroatoms. The van der Waals surface area contributed by atoms with Gasteiger partial charge in [-0.05, 0) is 29.3 Å². The molecule has 5 nitrogen and oxygen atoms in total. The molecule has 2 aromatic carbocycles. The predicted molar refractivity (Wildman–Crippen MR) is 91.9 cm³/mol. The summed E-state index contributed by atoms with van der Waals surface area (Å²) in [4.78, 5) is 12.5. The highest BCUT2D eigenvalue weighted by molar-refractivity contribution is 6.06. The smallest absolute Gasteiger partial charge is 0.188 e. The van der Waals surface area contributed by atoms with Gasteiger partial charge in [0.25, 0.3) is 0 Å². The van der Waals surface area contributed by atoms with Crippen LogP contribution in [0.5, 0.6) is 0 Å². The number of halogens is 1. The molecule has 0 fully saturated rings. The quantitative estimate of drug-likeness (QED) is 0.569. The molecule has 2 heterocycles. The molecule has 0 saturated heterocycles. The average Bonchev–Trinajstić information content (AvgIpc) is 3.21. The number of fused-ring (bicyclic) bond motifs is 1. The van der Waals surface area contributed by atoms with E-state index >= 15 is 0 Å². The zero-order chi connectivity index (χ0) is 17.2. The Bertz CT molecular complexity index is 1050. The second kappa shape index (κ2) is 6.32. The van der Waals surface area contributed by atoms with Crippen molar-refractivity contribution in [3.8, 4) is 0 Å². The van der Waals surface area contributed by atoms with Crippen LogP contribution in [0.25, 0.3) is 10.9 Å². The number of aromatic amines is 1. The first kappa shape index (κ1) is 15.3. The number of H-pyrrole nitrogens is 1. The van der Waals surface area contributed by atoms with Gasteiger partial charge in [0.15, 0.2) is 5.78 Å². The number of nitrogens with one attached hydrogen (secondary N) is 1. The maximum absolute atomic E-state index is 13.2. The van der Waals surface area contributed by atoms with Gasteiger partial charge in [-0.2, -0.15) is 10.2 Å². The van der Waals surface area contributed by atoms with Gasteiger partial charge in [-0.15, -0.1) is 0 Å². The first-order chi connectivity index (χ1) is 12.2. The van der Waals surface area contributed by atoms with Crippen LogP contribution in [0.3, 0.4) is 0 Å². The third-order valence-electron chi connectivity index (χ3n) is 4.02. The van der Waals surface area contributed by atoms with Crippen molar-refractivity contribution in [2.24, 2.45) is 0 Å². The van der Waals surface area contributed by atoms with E-state index in [1.165, 1.54) is 12.1 Å². The number of ketones is 1. The molecular formula is C19H15FN4O. The Morgan fingerprint density at radius 1 is 1.12 bits per heavy atom. The highest BCUT2D eigenvalue weighted by atomic mass is 19.1. The average molecular weight is 334 g/mol. The van der Waals surface area contributed by atoms with Gasteiger partial charge in [0.2, 0.25) is 0 Å². The largest absolute Gasteiger partial charge is 0.292 e. The highest BCUT2D eigenvalue weighted by Crippen LogP contribution is 2.17. The molecule has 124 valence electrons. The van der Waals surface area contributed by atoms with Crippen molar-refractivity contribution in [1.29, 1.82) is 0 Å². The fraction of sp³-hybridized carbons (Fsp3) is 0.105. The van der Waals surface area contributed by atoms with E-state index in [-0.39, 0.29) is 18.0 Å². The van der Waals surface area contributed by atoms with Gasteiger partial charge in [0.1, 0.15) is 11.5 Å². The third kappa shape index (κ3) is 3.19. The van der Waals surface area contributed by atoms with Crippen molar-refractivity contribution in [2.75, 3.05) is 0 Å². The maximum Gasteiger partial charge on any atom is 0.188 e. The fourth-order valence-corrected chi connectivity index (χ4v) is 2.85. The lowest BCUT2D eigenvalue weighted by atomic mass is 10.1. The van der Waals surface area contributed by atoms with Crippen molar-refractivity contribution in [2.45, 2.75) is 13.0 Å². The summed E-state index contributed by atoms with van der Waals surface area (Å²) in [6, 6.07) is 13.9. The van der Waals surface area contributed by atoms with E-state index in [2.05, 4.69) is 15.3 Å². The monoisotopic (exact) mass is 334 g/mol. The van der Waals surface area contributed by atoms with Crippen LogP contribution in [0, 0.1) is 5.82 Å². The molecule has 0 aliphatic heterocycles. The van der Waals surface area contributed by atoms with Crippen molar-refractivity contribution in [1.82, 2.24) is 20.0 Å². The summed E-state index contributed by atoms with van der Waals surface area (Å²) < 4.78 is 14.9. The molecule has 0 aliphatic rings. The van der Waals surface area contributed by atoms with Crippen LogP contribution >= 0.6 is 0 Å². The molecule has 1 N–H and O–H groups in total. The zero-order valence-electron chi connectivity index (χ0n) is 13.3. The van der Waals surface area contributed by atoms with E-state index < -0.39 is 0 Å². The maximum atomic E-state index is 13.2. The topological polar surface area (TPSA) is 63.6 Å². The molecule has 2 aromatic heterocycles. The van der Waals surface area contributed by atoms with Crippen LogP contribution in [0.1, 0.15) is 21.6 Å². The van der Waals surface area contributed by atoms with Crippen molar-refractivity contribution < 1.29 is 9.18 Å². The van der Waals surface area contributed by atoms with Gasteiger partial charge in [-0.25, -0.2) is 4.39 Å². The minimum absolute atomic E-state index is 0.0669. The van der Waals surface area contributed by atoms with Crippen LogP contribution < -0.4 is 0 Å². The predicted octanol–water partition coefficient (Wildman–Crippen LogP) is 3.37. The van der Waals surface area contributed by atoms with Crippen LogP contribution in [-0.2, 0) is 13.0 Å². The van der Waals surface area contributed by atoms with E-state index in [9.17, 15) is 9.18 Å². The number of rotatable bonds is 5. The Hall–Kier alpha value is -3.28. The normalized spacial score (nSPS) is 11.1. The number of Topliss-reactive ketones (excluding diaryl/α,β-unsaturated/α-hetero) is 1. The molecule has 0 spiro atoms. The van der Waals surface area contributed by atoms with Gasteiger partial charge in [0, 0.05) is 18.0 Å². The van der Waals surface area contributed by atoms with Crippen LogP contribution in [-0.4, -0.2) is 25.8 Å². The standard InChI is InChI=1S/C19H15FN4O/c20-15-5-3-4-13(8-15)11-24-12-14(10-21-24)9-18(25)19-16-6-1-2-7-17(16)22-23-19/h1-8,10,12H,9,11H2,(H,22,23). The van der Waals surface area contributed by atoms with E-state index in [1.807, 2.05) is 30.3 Å². The van der Waals surface area contributed by atoms with E-state index in [0.29, 0.717) is 12.2 Å². The Labute approximate surface area is 143 Å². The summed E-state index contributed by atoms with van der Waals surface area (Å²) in [7, 11) is 0. The van der Waals surface area contributed by atoms with Crippen LogP contribution in [0.4, 0.5) is 4.39 Å². The molecular weight excluding hydrogens is 319 g/mol. The molecule has 0 radical (unpaired) electrons. The number of benzene rings is 2. The summed E-state index contributed by atoms with van der Waals surface area (Å²) in [6.07, 6.45) is 3.68. The minimum atomic E-state index is -0.273. The number of para-hydroxylation sites is 1. The van der Waals surface area contributed by atoms with Crippen molar-refractivity contribution >= 4 is 16.7 Å². The molecule has 0 amide bonds. The summed E-state index contributed by atoms with van der Waals surface area (Å²) in [5.74, 6) is -0.340. The lowest BCUT2D eigenvalue weighted by Crippen LogP contribution is -2.04. The molecule has 0 atom stereocenters. The Morgan fingerprint density at radius 3 is 2.88 bits per heavy atom. The molecule has 4 aromatic rings. The summed E-state index contributed by atoms with van der Waals surface area (Å²) in [5.41, 5.74) is 2.90. The number of hydrogen-bond acceptors (Lipinski definition) is 3. The molecule has 0 bridgehead atoms. The SMILES string of the molecule is O=C(Cc1cnn(Cc2cccc(F)c2)c1)c1n[nH]c2ccccc12. The van der Waals surface area contributed by atoms with E-state index in [4.69, 9.17) is 0 Å². The number of carbonyl (C=O) groups is 1. The Kier molecular flexibility index (Phi) is 3.85. The van der Waals surface area contributed by atoms with Gasteiger partial charge in [-0.1, -0.05) is 30.3 Å². The van der Waals surface area contributed by atoms with Crippen LogP contribution in [0.15, 0.2) is 60.9 Å². The van der Waals surface area contributed by atoms with Gasteiger partial charge in [-0.3, -0.25) is 14.6 Å². The Balaban J connectivity index is 1.50. The Morgan fingerprint density at radius 2 is 2.00 bits per heavy atom. The molecule has 0 unspecified atom stereocenters. The number of hydrogen-bond donors (Lipinski definition) is 1. The highest BCUT2D eigenvalue weighted by Gasteiger charge is 2.15. The summed E-state index contributed by atoms with van der Waals surface area (Å²) in [6.45, 7) is 0.456.